The molecule has 3 aromatic rings. The molecule has 2 aromatic heterocycles. The van der Waals surface area contributed by atoms with Gasteiger partial charge in [0, 0.05) is 17.8 Å². The van der Waals surface area contributed by atoms with Gasteiger partial charge < -0.3 is 15.4 Å². The highest BCUT2D eigenvalue weighted by Gasteiger charge is 2.22. The average Bonchev–Trinajstić information content (AvgIpc) is 3.02. The van der Waals surface area contributed by atoms with Crippen molar-refractivity contribution >= 4 is 17.1 Å². The first-order valence-electron chi connectivity index (χ1n) is 7.77. The predicted molar refractivity (Wildman–Crippen MR) is 88.4 cm³/mol. The maximum atomic E-state index is 11.0. The molecule has 0 spiro atoms. The van der Waals surface area contributed by atoms with Crippen molar-refractivity contribution in [2.45, 2.75) is 25.3 Å². The van der Waals surface area contributed by atoms with Crippen molar-refractivity contribution in [1.82, 2.24) is 15.3 Å². The zero-order valence-electron chi connectivity index (χ0n) is 12.5. The highest BCUT2D eigenvalue weighted by Crippen LogP contribution is 2.34. The van der Waals surface area contributed by atoms with E-state index in [2.05, 4.69) is 33.5 Å². The number of pyridine rings is 1. The Bertz CT molecular complexity index is 885. The molecule has 3 N–H and O–H groups in total. The summed E-state index contributed by atoms with van der Waals surface area (Å²) in [6.07, 6.45) is 5.58. The van der Waals surface area contributed by atoms with E-state index in [0.29, 0.717) is 0 Å². The third-order valence-electron chi connectivity index (χ3n) is 4.53. The summed E-state index contributed by atoms with van der Waals surface area (Å²) < 4.78 is 0. The van der Waals surface area contributed by atoms with Crippen LogP contribution < -0.4 is 5.32 Å². The first kappa shape index (κ1) is 13.8. The molecule has 1 unspecified atom stereocenters. The van der Waals surface area contributed by atoms with Gasteiger partial charge in [-0.15, -0.1) is 0 Å². The molecule has 0 saturated heterocycles. The Morgan fingerprint density at radius 1 is 1.30 bits per heavy atom. The van der Waals surface area contributed by atoms with Crippen LogP contribution in [0, 0.1) is 0 Å². The van der Waals surface area contributed by atoms with Crippen LogP contribution in [0.25, 0.3) is 22.2 Å². The first-order valence-corrected chi connectivity index (χ1v) is 7.77. The Balaban J connectivity index is 1.78. The summed E-state index contributed by atoms with van der Waals surface area (Å²) in [5.74, 6) is 0. The predicted octanol–water partition coefficient (Wildman–Crippen LogP) is 3.87. The summed E-state index contributed by atoms with van der Waals surface area (Å²) in [4.78, 5) is 18.4. The van der Waals surface area contributed by atoms with Gasteiger partial charge in [0.25, 0.3) is 0 Å². The van der Waals surface area contributed by atoms with Gasteiger partial charge in [-0.05, 0) is 53.6 Å². The molecule has 5 nitrogen and oxygen atoms in total. The van der Waals surface area contributed by atoms with Gasteiger partial charge in [-0.2, -0.15) is 0 Å². The van der Waals surface area contributed by atoms with Gasteiger partial charge in [0.05, 0.1) is 6.04 Å². The summed E-state index contributed by atoms with van der Waals surface area (Å²) >= 11 is 0. The number of hydrogen-bond acceptors (Lipinski definition) is 2. The number of aromatic nitrogens is 2. The number of carbonyl (C=O) groups is 1. The second kappa shape index (κ2) is 5.43. The second-order valence-electron chi connectivity index (χ2n) is 5.91. The number of nitrogens with one attached hydrogen (secondary N) is 2. The van der Waals surface area contributed by atoms with Crippen LogP contribution in [0.15, 0.2) is 42.7 Å². The summed E-state index contributed by atoms with van der Waals surface area (Å²) in [5, 5.41) is 12.7. The fraction of sp³-hybridized carbons (Fsp3) is 0.222. The van der Waals surface area contributed by atoms with Gasteiger partial charge in [0.1, 0.15) is 5.65 Å². The van der Waals surface area contributed by atoms with Gasteiger partial charge in [-0.3, -0.25) is 0 Å². The van der Waals surface area contributed by atoms with Crippen LogP contribution in [0.3, 0.4) is 0 Å². The Morgan fingerprint density at radius 3 is 3.09 bits per heavy atom. The fourth-order valence-electron chi connectivity index (χ4n) is 3.49. The van der Waals surface area contributed by atoms with Crippen LogP contribution in [0.2, 0.25) is 0 Å². The molecule has 2 heterocycles. The van der Waals surface area contributed by atoms with Gasteiger partial charge >= 0.3 is 6.09 Å². The van der Waals surface area contributed by atoms with Crippen LogP contribution in [-0.2, 0) is 6.42 Å². The topological polar surface area (TPSA) is 78.0 Å². The van der Waals surface area contributed by atoms with E-state index in [9.17, 15) is 4.79 Å². The largest absolute Gasteiger partial charge is 0.465 e. The standard InChI is InChI=1S/C18H17N3O2/c22-18(23)21-16-3-1-2-11-10-12(4-5-14(11)16)13-6-8-19-17-15(13)7-9-20-17/h4-10,16,21H,1-3H2,(H,19,20)(H,22,23). The monoisotopic (exact) mass is 307 g/mol. The summed E-state index contributed by atoms with van der Waals surface area (Å²) in [5.41, 5.74) is 5.50. The van der Waals surface area contributed by atoms with E-state index in [-0.39, 0.29) is 6.04 Å². The van der Waals surface area contributed by atoms with E-state index in [1.54, 1.807) is 0 Å². The number of nitrogens with zero attached hydrogens (tertiary/aromatic N) is 1. The summed E-state index contributed by atoms with van der Waals surface area (Å²) in [7, 11) is 0. The van der Waals surface area contributed by atoms with E-state index in [1.165, 1.54) is 5.56 Å². The molecule has 0 bridgehead atoms. The summed E-state index contributed by atoms with van der Waals surface area (Å²) in [6.45, 7) is 0. The van der Waals surface area contributed by atoms with Crippen molar-refractivity contribution in [3.63, 3.8) is 0 Å². The third-order valence-corrected chi connectivity index (χ3v) is 4.53. The maximum Gasteiger partial charge on any atom is 0.405 e. The molecule has 116 valence electrons. The molecule has 23 heavy (non-hydrogen) atoms. The van der Waals surface area contributed by atoms with Crippen LogP contribution in [0.1, 0.15) is 30.0 Å². The van der Waals surface area contributed by atoms with Gasteiger partial charge in [-0.1, -0.05) is 18.2 Å². The van der Waals surface area contributed by atoms with E-state index in [0.717, 1.165) is 47.0 Å². The maximum absolute atomic E-state index is 11.0. The van der Waals surface area contributed by atoms with Crippen LogP contribution in [0.4, 0.5) is 4.79 Å². The van der Waals surface area contributed by atoms with Crippen molar-refractivity contribution in [3.05, 3.63) is 53.9 Å². The van der Waals surface area contributed by atoms with Crippen molar-refractivity contribution in [1.29, 1.82) is 0 Å². The molecule has 1 aliphatic carbocycles. The lowest BCUT2D eigenvalue weighted by atomic mass is 9.85. The van der Waals surface area contributed by atoms with Gasteiger partial charge in [-0.25, -0.2) is 9.78 Å². The zero-order chi connectivity index (χ0) is 15.8. The van der Waals surface area contributed by atoms with E-state index < -0.39 is 6.09 Å². The molecular formula is C18H17N3O2. The Morgan fingerprint density at radius 2 is 2.22 bits per heavy atom. The molecule has 0 aliphatic heterocycles. The van der Waals surface area contributed by atoms with Crippen molar-refractivity contribution < 1.29 is 9.90 Å². The Labute approximate surface area is 133 Å². The minimum absolute atomic E-state index is 0.102. The Hall–Kier alpha value is -2.82. The van der Waals surface area contributed by atoms with Crippen molar-refractivity contribution in [2.24, 2.45) is 0 Å². The minimum Gasteiger partial charge on any atom is -0.465 e. The molecule has 0 saturated carbocycles. The molecule has 0 fully saturated rings. The first-order chi connectivity index (χ1) is 11.2. The van der Waals surface area contributed by atoms with Crippen LogP contribution in [0.5, 0.6) is 0 Å². The Kier molecular flexibility index (Phi) is 3.26. The molecule has 1 atom stereocenters. The number of H-pyrrole nitrogens is 1. The lowest BCUT2D eigenvalue weighted by Gasteiger charge is -2.26. The highest BCUT2D eigenvalue weighted by molar-refractivity contribution is 5.93. The molecule has 1 aromatic carbocycles. The number of benzene rings is 1. The molecule has 1 aliphatic rings. The fourth-order valence-corrected chi connectivity index (χ4v) is 3.49. The summed E-state index contributed by atoms with van der Waals surface area (Å²) in [6, 6.07) is 10.3. The smallest absolute Gasteiger partial charge is 0.405 e. The molecule has 4 rings (SSSR count). The average molecular weight is 307 g/mol. The number of carboxylic acid groups (broad SMARTS) is 1. The number of hydrogen-bond donors (Lipinski definition) is 3. The number of amides is 1. The van der Waals surface area contributed by atoms with Crippen molar-refractivity contribution in [3.8, 4) is 11.1 Å². The van der Waals surface area contributed by atoms with E-state index in [4.69, 9.17) is 5.11 Å². The SMILES string of the molecule is O=C(O)NC1CCCc2cc(-c3ccnc4[nH]ccc34)ccc21. The quantitative estimate of drug-likeness (QED) is 0.672. The van der Waals surface area contributed by atoms with Crippen LogP contribution >= 0.6 is 0 Å². The lowest BCUT2D eigenvalue weighted by molar-refractivity contribution is 0.188. The van der Waals surface area contributed by atoms with E-state index >= 15 is 0 Å². The van der Waals surface area contributed by atoms with Gasteiger partial charge in [0.2, 0.25) is 0 Å². The lowest BCUT2D eigenvalue weighted by Crippen LogP contribution is -2.29. The minimum atomic E-state index is -0.963. The second-order valence-corrected chi connectivity index (χ2v) is 5.91. The molecule has 0 radical (unpaired) electrons. The van der Waals surface area contributed by atoms with Gasteiger partial charge in [0.15, 0.2) is 0 Å². The number of aryl methyl sites for hydroxylation is 1. The van der Waals surface area contributed by atoms with Crippen LogP contribution in [-0.4, -0.2) is 21.2 Å². The third kappa shape index (κ3) is 2.44. The molecule has 5 heteroatoms. The molecular weight excluding hydrogens is 290 g/mol. The number of rotatable bonds is 2. The highest BCUT2D eigenvalue weighted by atomic mass is 16.4. The zero-order valence-corrected chi connectivity index (χ0v) is 12.5. The van der Waals surface area contributed by atoms with Crippen molar-refractivity contribution in [2.75, 3.05) is 0 Å². The normalized spacial score (nSPS) is 17.0. The number of aromatic amines is 1. The van der Waals surface area contributed by atoms with E-state index in [1.807, 2.05) is 24.5 Å². The number of fused-ring (bicyclic) bond motifs is 2. The molecule has 1 amide bonds.